The summed E-state index contributed by atoms with van der Waals surface area (Å²) in [6.45, 7) is 6.57. The van der Waals surface area contributed by atoms with Crippen LogP contribution in [0.2, 0.25) is 0 Å². The van der Waals surface area contributed by atoms with E-state index < -0.39 is 6.10 Å². The normalized spacial score (nSPS) is 12.1. The van der Waals surface area contributed by atoms with Crippen molar-refractivity contribution in [1.82, 2.24) is 0 Å². The number of carbonyl (C=O) groups excluding carboxylic acids is 3. The molecule has 0 saturated heterocycles. The maximum Gasteiger partial charge on any atom is 0.306 e. The third-order valence-electron chi connectivity index (χ3n) is 10.9. The van der Waals surface area contributed by atoms with Crippen molar-refractivity contribution < 1.29 is 28.6 Å². The summed E-state index contributed by atoms with van der Waals surface area (Å²) in [6, 6.07) is 0. The number of hydrogen-bond donors (Lipinski definition) is 0. The second-order valence-electron chi connectivity index (χ2n) is 16.7. The van der Waals surface area contributed by atoms with Crippen molar-refractivity contribution in [2.24, 2.45) is 0 Å². The Labute approximate surface area is 353 Å². The van der Waals surface area contributed by atoms with Crippen molar-refractivity contribution in [3.8, 4) is 0 Å². The quantitative estimate of drug-likeness (QED) is 0.0264. The molecule has 0 aromatic heterocycles. The highest BCUT2D eigenvalue weighted by Gasteiger charge is 2.19. The highest BCUT2D eigenvalue weighted by molar-refractivity contribution is 5.71. The first-order valence-corrected chi connectivity index (χ1v) is 24.8. The van der Waals surface area contributed by atoms with E-state index in [0.29, 0.717) is 19.3 Å². The summed E-state index contributed by atoms with van der Waals surface area (Å²) in [5.74, 6) is -0.889. The second-order valence-corrected chi connectivity index (χ2v) is 16.7. The van der Waals surface area contributed by atoms with E-state index in [1.807, 2.05) is 0 Å². The molecule has 6 nitrogen and oxygen atoms in total. The summed E-state index contributed by atoms with van der Waals surface area (Å²) in [5, 5.41) is 0. The van der Waals surface area contributed by atoms with Gasteiger partial charge in [-0.3, -0.25) is 14.4 Å². The van der Waals surface area contributed by atoms with Crippen LogP contribution in [0.1, 0.15) is 265 Å². The standard InChI is InChI=1S/C51H94O6/c1-4-7-10-13-16-19-22-24-25-26-27-28-30-32-35-38-41-44-50(53)56-47-48(46-55-49(52)43-40-37-34-31-21-18-15-12-9-6-3)57-51(54)45-42-39-36-33-29-23-20-17-14-11-8-5-2/h15,17-18,20,48H,4-14,16,19,21-47H2,1-3H3/b18-15-,20-17-. The van der Waals surface area contributed by atoms with Crippen molar-refractivity contribution in [2.45, 2.75) is 271 Å². The van der Waals surface area contributed by atoms with Gasteiger partial charge in [-0.05, 0) is 64.2 Å². The van der Waals surface area contributed by atoms with Gasteiger partial charge in [-0.2, -0.15) is 0 Å². The number of ether oxygens (including phenoxy) is 3. The van der Waals surface area contributed by atoms with Gasteiger partial charge in [-0.1, -0.05) is 206 Å². The van der Waals surface area contributed by atoms with Crippen LogP contribution in [0.5, 0.6) is 0 Å². The number of unbranched alkanes of at least 4 members (excludes halogenated alkanes) is 30. The summed E-state index contributed by atoms with van der Waals surface area (Å²) < 4.78 is 16.7. The Morgan fingerprint density at radius 3 is 0.965 bits per heavy atom. The Kier molecular flexibility index (Phi) is 44.9. The Balaban J connectivity index is 4.30. The van der Waals surface area contributed by atoms with Crippen molar-refractivity contribution in [2.75, 3.05) is 13.2 Å². The fourth-order valence-corrected chi connectivity index (χ4v) is 7.12. The van der Waals surface area contributed by atoms with E-state index in [4.69, 9.17) is 14.2 Å². The number of allylic oxidation sites excluding steroid dienone is 4. The first kappa shape index (κ1) is 54.9. The highest BCUT2D eigenvalue weighted by Crippen LogP contribution is 2.16. The number of rotatable bonds is 45. The molecule has 0 aliphatic carbocycles. The van der Waals surface area contributed by atoms with Gasteiger partial charge >= 0.3 is 17.9 Å². The second kappa shape index (κ2) is 46.6. The van der Waals surface area contributed by atoms with Crippen LogP contribution in [0.4, 0.5) is 0 Å². The first-order valence-electron chi connectivity index (χ1n) is 24.8. The lowest BCUT2D eigenvalue weighted by molar-refractivity contribution is -0.167. The molecular weight excluding hydrogens is 709 g/mol. The molecule has 0 saturated carbocycles. The SMILES string of the molecule is CCCC/C=C\CCCCCCC(=O)OCC(COC(=O)CCCCCCCCCCCCCCCCCCC)OC(=O)CCCCCCC/C=C\CCCCC. The van der Waals surface area contributed by atoms with Crippen LogP contribution in [0.15, 0.2) is 24.3 Å². The van der Waals surface area contributed by atoms with Crippen LogP contribution in [0.25, 0.3) is 0 Å². The number of hydrogen-bond acceptors (Lipinski definition) is 6. The molecule has 0 aliphatic heterocycles. The molecule has 0 aromatic carbocycles. The molecule has 0 radical (unpaired) electrons. The largest absolute Gasteiger partial charge is 0.462 e. The van der Waals surface area contributed by atoms with E-state index in [1.165, 1.54) is 141 Å². The Morgan fingerprint density at radius 1 is 0.333 bits per heavy atom. The molecule has 0 N–H and O–H groups in total. The fourth-order valence-electron chi connectivity index (χ4n) is 7.12. The van der Waals surface area contributed by atoms with Crippen LogP contribution >= 0.6 is 0 Å². The van der Waals surface area contributed by atoms with E-state index >= 15 is 0 Å². The number of carbonyl (C=O) groups is 3. The molecule has 0 aromatic rings. The predicted molar refractivity (Wildman–Crippen MR) is 243 cm³/mol. The summed E-state index contributed by atoms with van der Waals surface area (Å²) in [7, 11) is 0. The zero-order chi connectivity index (χ0) is 41.5. The minimum atomic E-state index is -0.774. The molecule has 0 spiro atoms. The summed E-state index contributed by atoms with van der Waals surface area (Å²) >= 11 is 0. The van der Waals surface area contributed by atoms with Gasteiger partial charge in [0, 0.05) is 19.3 Å². The highest BCUT2D eigenvalue weighted by atomic mass is 16.6. The lowest BCUT2D eigenvalue weighted by Gasteiger charge is -2.18. The van der Waals surface area contributed by atoms with Gasteiger partial charge in [0.15, 0.2) is 6.10 Å². The Hall–Kier alpha value is -2.11. The van der Waals surface area contributed by atoms with E-state index in [2.05, 4.69) is 45.1 Å². The van der Waals surface area contributed by atoms with Gasteiger partial charge in [0.25, 0.3) is 0 Å². The molecule has 0 heterocycles. The molecule has 0 aliphatic rings. The van der Waals surface area contributed by atoms with E-state index in [9.17, 15) is 14.4 Å². The zero-order valence-electron chi connectivity index (χ0n) is 38.1. The molecule has 0 rings (SSSR count). The van der Waals surface area contributed by atoms with Gasteiger partial charge in [-0.15, -0.1) is 0 Å². The molecular formula is C51H94O6. The third kappa shape index (κ3) is 44.8. The van der Waals surface area contributed by atoms with E-state index in [1.54, 1.807) is 0 Å². The van der Waals surface area contributed by atoms with Crippen LogP contribution in [-0.2, 0) is 28.6 Å². The average Bonchev–Trinajstić information content (AvgIpc) is 3.21. The van der Waals surface area contributed by atoms with E-state index in [0.717, 1.165) is 83.5 Å². The topological polar surface area (TPSA) is 78.9 Å². The van der Waals surface area contributed by atoms with Crippen LogP contribution in [-0.4, -0.2) is 37.2 Å². The maximum absolute atomic E-state index is 12.7. The lowest BCUT2D eigenvalue weighted by atomic mass is 10.0. The van der Waals surface area contributed by atoms with Gasteiger partial charge in [0.2, 0.25) is 0 Å². The predicted octanol–water partition coefficient (Wildman–Crippen LogP) is 16.0. The molecule has 0 fully saturated rings. The summed E-state index contributed by atoms with van der Waals surface area (Å²) in [6.07, 6.45) is 51.6. The molecule has 57 heavy (non-hydrogen) atoms. The fraction of sp³-hybridized carbons (Fsp3) is 0.863. The molecule has 334 valence electrons. The first-order chi connectivity index (χ1) is 28.0. The van der Waals surface area contributed by atoms with Crippen LogP contribution in [0.3, 0.4) is 0 Å². The average molecular weight is 803 g/mol. The van der Waals surface area contributed by atoms with Crippen molar-refractivity contribution >= 4 is 17.9 Å². The van der Waals surface area contributed by atoms with Crippen molar-refractivity contribution in [1.29, 1.82) is 0 Å². The minimum absolute atomic E-state index is 0.0749. The summed E-state index contributed by atoms with van der Waals surface area (Å²) in [5.41, 5.74) is 0. The molecule has 1 atom stereocenters. The third-order valence-corrected chi connectivity index (χ3v) is 10.9. The molecule has 1 unspecified atom stereocenters. The lowest BCUT2D eigenvalue weighted by Crippen LogP contribution is -2.30. The van der Waals surface area contributed by atoms with Gasteiger partial charge in [0.05, 0.1) is 0 Å². The zero-order valence-corrected chi connectivity index (χ0v) is 38.1. The minimum Gasteiger partial charge on any atom is -0.462 e. The molecule has 0 amide bonds. The molecule has 6 heteroatoms. The van der Waals surface area contributed by atoms with E-state index in [-0.39, 0.29) is 31.1 Å². The van der Waals surface area contributed by atoms with Crippen molar-refractivity contribution in [3.63, 3.8) is 0 Å². The monoisotopic (exact) mass is 803 g/mol. The van der Waals surface area contributed by atoms with Crippen molar-refractivity contribution in [3.05, 3.63) is 24.3 Å². The van der Waals surface area contributed by atoms with Gasteiger partial charge in [0.1, 0.15) is 13.2 Å². The Bertz CT molecular complexity index is 927. The summed E-state index contributed by atoms with van der Waals surface area (Å²) in [4.78, 5) is 37.8. The molecule has 0 bridgehead atoms. The van der Waals surface area contributed by atoms with Crippen LogP contribution in [0, 0.1) is 0 Å². The smallest absolute Gasteiger partial charge is 0.306 e. The van der Waals surface area contributed by atoms with Gasteiger partial charge < -0.3 is 14.2 Å². The van der Waals surface area contributed by atoms with Gasteiger partial charge in [-0.25, -0.2) is 0 Å². The number of esters is 3. The maximum atomic E-state index is 12.7. The van der Waals surface area contributed by atoms with Crippen LogP contribution < -0.4 is 0 Å². The Morgan fingerprint density at radius 2 is 0.596 bits per heavy atom.